The molecular formula is C47H45NO13. The van der Waals surface area contributed by atoms with Crippen LogP contribution in [-0.4, -0.2) is 61.1 Å². The first-order valence-corrected chi connectivity index (χ1v) is 19.2. The van der Waals surface area contributed by atoms with E-state index in [0.29, 0.717) is 68.3 Å². The molecule has 5 aromatic rings. The molecule has 4 atom stereocenters. The van der Waals surface area contributed by atoms with Crippen molar-refractivity contribution in [3.8, 4) is 34.5 Å². The number of aliphatic carboxylic acids is 2. The lowest BCUT2D eigenvalue weighted by Crippen LogP contribution is -2.24. The third-order valence-electron chi connectivity index (χ3n) is 10.2. The summed E-state index contributed by atoms with van der Waals surface area (Å²) in [6, 6.07) is 30.9. The van der Waals surface area contributed by atoms with Crippen molar-refractivity contribution in [1.82, 2.24) is 0 Å². The zero-order valence-corrected chi connectivity index (χ0v) is 34.0. The van der Waals surface area contributed by atoms with Crippen molar-refractivity contribution in [3.63, 3.8) is 0 Å². The van der Waals surface area contributed by atoms with Crippen molar-refractivity contribution in [2.45, 2.75) is 45.1 Å². The van der Waals surface area contributed by atoms with Gasteiger partial charge in [0.2, 0.25) is 13.6 Å². The highest BCUT2D eigenvalue weighted by Gasteiger charge is 2.38. The van der Waals surface area contributed by atoms with E-state index in [0.717, 1.165) is 16.7 Å². The second-order valence-electron chi connectivity index (χ2n) is 14.4. The number of nitrogens with two attached hydrogens (primary N) is 1. The number of carboxylic acids is 2. The number of aryl methyl sites for hydroxylation is 2. The number of fused-ring (bicyclic) bond motifs is 4. The number of carboxylic acid groups (broad SMARTS) is 2. The number of rotatable bonds is 8. The van der Waals surface area contributed by atoms with Crippen molar-refractivity contribution >= 4 is 23.5 Å². The molecule has 4 aliphatic rings. The Bertz CT molecular complexity index is 2360. The molecule has 61 heavy (non-hydrogen) atoms. The maximum Gasteiger partial charge on any atom is 0.339 e. The third kappa shape index (κ3) is 8.76. The number of aliphatic hydroxyl groups excluding tert-OH is 1. The molecule has 0 saturated heterocycles. The van der Waals surface area contributed by atoms with Gasteiger partial charge in [0.1, 0.15) is 34.2 Å². The summed E-state index contributed by atoms with van der Waals surface area (Å²) in [7, 11) is 2.93. The van der Waals surface area contributed by atoms with Gasteiger partial charge in [-0.2, -0.15) is 0 Å². The van der Waals surface area contributed by atoms with Crippen LogP contribution in [-0.2, 0) is 19.1 Å². The number of hydrogen-bond donors (Lipinski definition) is 4. The fourth-order valence-corrected chi connectivity index (χ4v) is 7.18. The molecule has 0 amide bonds. The van der Waals surface area contributed by atoms with Crippen molar-refractivity contribution in [2.75, 3.05) is 27.8 Å². The Balaban J connectivity index is 0.000000149. The van der Waals surface area contributed by atoms with Crippen molar-refractivity contribution in [2.24, 2.45) is 5.73 Å². The van der Waals surface area contributed by atoms with Crippen LogP contribution in [0.4, 0.5) is 0 Å². The molecule has 316 valence electrons. The van der Waals surface area contributed by atoms with Crippen molar-refractivity contribution in [1.29, 1.82) is 0 Å². The van der Waals surface area contributed by atoms with Gasteiger partial charge in [-0.05, 0) is 74.9 Å². The topological polar surface area (TPSA) is 195 Å². The zero-order valence-electron chi connectivity index (χ0n) is 34.0. The lowest BCUT2D eigenvalue weighted by atomic mass is 9.93. The second-order valence-corrected chi connectivity index (χ2v) is 14.4. The molecule has 0 aromatic heterocycles. The predicted octanol–water partition coefficient (Wildman–Crippen LogP) is 7.67. The number of ether oxygens (including phenoxy) is 8. The van der Waals surface area contributed by atoms with Gasteiger partial charge >= 0.3 is 11.9 Å². The predicted molar refractivity (Wildman–Crippen MR) is 222 cm³/mol. The second kappa shape index (κ2) is 18.0. The number of benzene rings is 5. The fraction of sp³-hybridized carbons (Fsp3) is 0.234. The summed E-state index contributed by atoms with van der Waals surface area (Å²) in [5.74, 6) is 1.98. The molecule has 0 saturated carbocycles. The van der Waals surface area contributed by atoms with Gasteiger partial charge < -0.3 is 58.9 Å². The Kier molecular flexibility index (Phi) is 12.4. The molecule has 0 spiro atoms. The molecule has 0 fully saturated rings. The summed E-state index contributed by atoms with van der Waals surface area (Å²) in [5, 5.41) is 29.0. The summed E-state index contributed by atoms with van der Waals surface area (Å²) in [5.41, 5.74) is 11.1. The minimum absolute atomic E-state index is 0.0551. The van der Waals surface area contributed by atoms with Crippen LogP contribution < -0.4 is 34.2 Å². The average Bonchev–Trinajstić information content (AvgIpc) is 3.95. The van der Waals surface area contributed by atoms with Gasteiger partial charge in [0.15, 0.2) is 35.2 Å². The smallest absolute Gasteiger partial charge is 0.339 e. The summed E-state index contributed by atoms with van der Waals surface area (Å²) in [4.78, 5) is 23.9. The minimum atomic E-state index is -1.09. The molecule has 14 nitrogen and oxygen atoms in total. The number of aliphatic hydroxyl groups is 1. The van der Waals surface area contributed by atoms with Gasteiger partial charge in [0.25, 0.3) is 0 Å². The van der Waals surface area contributed by atoms with E-state index in [1.165, 1.54) is 14.2 Å². The maximum absolute atomic E-state index is 12.0. The van der Waals surface area contributed by atoms with E-state index in [1.54, 1.807) is 43.3 Å². The molecule has 14 heteroatoms. The van der Waals surface area contributed by atoms with Gasteiger partial charge in [-0.15, -0.1) is 0 Å². The third-order valence-corrected chi connectivity index (χ3v) is 10.2. The Morgan fingerprint density at radius 2 is 1.02 bits per heavy atom. The lowest BCUT2D eigenvalue weighted by Gasteiger charge is -2.29. The highest BCUT2D eigenvalue weighted by Crippen LogP contribution is 2.46. The first kappa shape index (κ1) is 42.0. The number of carbonyl (C=O) groups is 2. The van der Waals surface area contributed by atoms with Crippen LogP contribution in [0, 0.1) is 13.8 Å². The lowest BCUT2D eigenvalue weighted by molar-refractivity contribution is -0.134. The van der Waals surface area contributed by atoms with E-state index in [-0.39, 0.29) is 30.8 Å². The molecule has 4 aliphatic heterocycles. The normalized spacial score (nSPS) is 17.4. The van der Waals surface area contributed by atoms with E-state index in [4.69, 9.17) is 43.6 Å². The largest absolute Gasteiger partial charge is 0.495 e. The molecular weight excluding hydrogens is 787 g/mol. The summed E-state index contributed by atoms with van der Waals surface area (Å²) in [6.45, 7) is 5.95. The standard InChI is InChI=1S/2C19H16O6.C9H13NO/c2*1-10-3-5-13-12(7-10)18(22-2)16(19(20)21)17(25-13)11-4-6-14-15(8-11)24-9-23-14;1-7(10)9(11)8-5-3-2-4-6-8/h2*3-8,17H,9H2,1-2H3,(H,20,21);2-7,9,11H,10H2,1H3/t2*17-;7-,9-/m111/s1. The maximum atomic E-state index is 12.0. The highest BCUT2D eigenvalue weighted by molar-refractivity contribution is 5.99. The average molecular weight is 832 g/mol. The molecule has 5 N–H and O–H groups in total. The molecule has 0 aliphatic carbocycles. The van der Waals surface area contributed by atoms with Gasteiger partial charge in [0, 0.05) is 17.2 Å². The molecule has 0 unspecified atom stereocenters. The first-order chi connectivity index (χ1) is 29.4. The van der Waals surface area contributed by atoms with Crippen LogP contribution in [0.2, 0.25) is 0 Å². The number of hydrogen-bond acceptors (Lipinski definition) is 12. The fourth-order valence-electron chi connectivity index (χ4n) is 7.18. The molecule has 0 radical (unpaired) electrons. The molecule has 9 rings (SSSR count). The molecule has 4 heterocycles. The van der Waals surface area contributed by atoms with Gasteiger partial charge in [0.05, 0.1) is 31.5 Å². The zero-order chi connectivity index (χ0) is 43.4. The summed E-state index contributed by atoms with van der Waals surface area (Å²) in [6.07, 6.45) is -2.16. The monoisotopic (exact) mass is 831 g/mol. The van der Waals surface area contributed by atoms with Crippen LogP contribution in [0.3, 0.4) is 0 Å². The van der Waals surface area contributed by atoms with Gasteiger partial charge in [-0.1, -0.05) is 65.7 Å². The summed E-state index contributed by atoms with van der Waals surface area (Å²) < 4.78 is 44.4. The van der Waals surface area contributed by atoms with Crippen LogP contribution >= 0.6 is 0 Å². The van der Waals surface area contributed by atoms with Crippen LogP contribution in [0.1, 0.15) is 64.2 Å². The molecule has 0 bridgehead atoms. The van der Waals surface area contributed by atoms with Gasteiger partial charge in [-0.25, -0.2) is 9.59 Å². The van der Waals surface area contributed by atoms with Gasteiger partial charge in [-0.3, -0.25) is 0 Å². The Morgan fingerprint density at radius 3 is 1.41 bits per heavy atom. The minimum Gasteiger partial charge on any atom is -0.495 e. The van der Waals surface area contributed by atoms with E-state index in [2.05, 4.69) is 0 Å². The number of methoxy groups -OCH3 is 2. The Morgan fingerprint density at radius 1 is 0.607 bits per heavy atom. The van der Waals surface area contributed by atoms with Crippen molar-refractivity contribution < 1.29 is 62.8 Å². The summed E-state index contributed by atoms with van der Waals surface area (Å²) >= 11 is 0. The quantitative estimate of drug-likeness (QED) is 0.119. The first-order valence-electron chi connectivity index (χ1n) is 19.2. The molecule has 5 aromatic carbocycles. The SMILES string of the molecule is COC1=C(C(=O)O)[C@@H](c2ccc3c(c2)OCO3)Oc2ccc(C)cc21.COC1=C(C(=O)O)[C@@H](c2ccc3c(c2)OCO3)Oc2ccc(C)cc21.C[C@@H](N)[C@@H](O)c1ccccc1. The Hall–Kier alpha value is -7.16. The van der Waals surface area contributed by atoms with E-state index in [9.17, 15) is 24.9 Å². The van der Waals surface area contributed by atoms with E-state index >= 15 is 0 Å². The highest BCUT2D eigenvalue weighted by atomic mass is 16.7. The van der Waals surface area contributed by atoms with E-state index in [1.807, 2.05) is 80.6 Å². The van der Waals surface area contributed by atoms with Crippen LogP contribution in [0.5, 0.6) is 34.5 Å². The van der Waals surface area contributed by atoms with Crippen LogP contribution in [0.25, 0.3) is 11.5 Å². The van der Waals surface area contributed by atoms with E-state index < -0.39 is 30.3 Å². The van der Waals surface area contributed by atoms with Crippen LogP contribution in [0.15, 0.2) is 114 Å². The Labute approximate surface area is 351 Å². The van der Waals surface area contributed by atoms with Crippen molar-refractivity contribution in [3.05, 3.63) is 153 Å².